The minimum Gasteiger partial charge on any atom is -0.489 e. The largest absolute Gasteiger partial charge is 0.489 e. The van der Waals surface area contributed by atoms with Gasteiger partial charge in [-0.25, -0.2) is 0 Å². The first-order valence-electron chi connectivity index (χ1n) is 6.17. The molecular formula is C15H16O3. The number of allylic oxidation sites excluding steroid dienone is 2. The lowest BCUT2D eigenvalue weighted by molar-refractivity contribution is 0.0880. The maximum atomic E-state index is 12.2. The van der Waals surface area contributed by atoms with Crippen molar-refractivity contribution in [1.82, 2.24) is 0 Å². The average Bonchev–Trinajstić information content (AvgIpc) is 2.35. The second-order valence-electron chi connectivity index (χ2n) is 4.45. The summed E-state index contributed by atoms with van der Waals surface area (Å²) >= 11 is 0. The molecule has 2 rings (SSSR count). The second kappa shape index (κ2) is 5.17. The van der Waals surface area contributed by atoms with E-state index in [9.17, 15) is 9.59 Å². The molecule has 0 aliphatic heterocycles. The van der Waals surface area contributed by atoms with Crippen molar-refractivity contribution in [2.75, 3.05) is 6.61 Å². The first kappa shape index (κ1) is 12.6. The summed E-state index contributed by atoms with van der Waals surface area (Å²) in [4.78, 5) is 24.0. The van der Waals surface area contributed by atoms with E-state index < -0.39 is 0 Å². The Bertz CT molecular complexity index is 527. The Hall–Kier alpha value is -1.90. The third kappa shape index (κ3) is 2.35. The van der Waals surface area contributed by atoms with E-state index in [1.165, 1.54) is 6.08 Å². The summed E-state index contributed by atoms with van der Waals surface area (Å²) in [5, 5.41) is 0. The van der Waals surface area contributed by atoms with E-state index in [4.69, 9.17) is 4.74 Å². The third-order valence-corrected chi connectivity index (χ3v) is 2.93. The molecule has 0 atom stereocenters. The van der Waals surface area contributed by atoms with E-state index in [1.54, 1.807) is 12.1 Å². The van der Waals surface area contributed by atoms with Crippen LogP contribution >= 0.6 is 0 Å². The lowest BCUT2D eigenvalue weighted by atomic mass is 9.92. The number of fused-ring (bicyclic) bond motifs is 1. The zero-order chi connectivity index (χ0) is 13.1. The first-order valence-corrected chi connectivity index (χ1v) is 6.17. The molecule has 0 bridgehead atoms. The number of ketones is 2. The standard InChI is InChI=1S/C15H16O3/c1-3-4-7-18-14-9-13(16)11-6-5-10(2)8-12(11)15(14)17/h5-6,8-9H,3-4,7H2,1-2H3. The number of Topliss-reactive ketones (excluding diaryl/α,β-unsaturated/α-hetero) is 1. The van der Waals surface area contributed by atoms with Crippen LogP contribution in [0.5, 0.6) is 0 Å². The summed E-state index contributed by atoms with van der Waals surface area (Å²) in [5.41, 5.74) is 1.88. The minimum absolute atomic E-state index is 0.156. The van der Waals surface area contributed by atoms with E-state index in [2.05, 4.69) is 0 Å². The van der Waals surface area contributed by atoms with Crippen LogP contribution in [0.25, 0.3) is 0 Å². The Labute approximate surface area is 106 Å². The van der Waals surface area contributed by atoms with Crippen molar-refractivity contribution in [2.24, 2.45) is 0 Å². The number of carbonyl (C=O) groups is 2. The third-order valence-electron chi connectivity index (χ3n) is 2.93. The molecule has 0 unspecified atom stereocenters. The molecule has 0 spiro atoms. The number of carbonyl (C=O) groups excluding carboxylic acids is 2. The van der Waals surface area contributed by atoms with Gasteiger partial charge in [-0.1, -0.05) is 31.0 Å². The summed E-state index contributed by atoms with van der Waals surface area (Å²) < 4.78 is 5.39. The van der Waals surface area contributed by atoms with Gasteiger partial charge in [0.2, 0.25) is 5.78 Å². The fourth-order valence-electron chi connectivity index (χ4n) is 1.89. The maximum absolute atomic E-state index is 12.2. The molecule has 94 valence electrons. The van der Waals surface area contributed by atoms with Crippen LogP contribution in [-0.4, -0.2) is 18.2 Å². The highest BCUT2D eigenvalue weighted by molar-refractivity contribution is 6.23. The number of hydrogen-bond acceptors (Lipinski definition) is 3. The summed E-state index contributed by atoms with van der Waals surface area (Å²) in [5.74, 6) is -0.174. The molecule has 3 nitrogen and oxygen atoms in total. The van der Waals surface area contributed by atoms with Gasteiger partial charge in [0.25, 0.3) is 0 Å². The van der Waals surface area contributed by atoms with Gasteiger partial charge in [-0.2, -0.15) is 0 Å². The van der Waals surface area contributed by atoms with E-state index in [-0.39, 0.29) is 17.3 Å². The normalized spacial score (nSPS) is 14.2. The van der Waals surface area contributed by atoms with Crippen molar-refractivity contribution in [3.8, 4) is 0 Å². The molecule has 3 heteroatoms. The van der Waals surface area contributed by atoms with Crippen molar-refractivity contribution in [3.05, 3.63) is 46.7 Å². The van der Waals surface area contributed by atoms with Gasteiger partial charge in [0.05, 0.1) is 6.61 Å². The van der Waals surface area contributed by atoms with Crippen LogP contribution in [0.2, 0.25) is 0 Å². The van der Waals surface area contributed by atoms with Crippen molar-refractivity contribution in [2.45, 2.75) is 26.7 Å². The average molecular weight is 244 g/mol. The molecule has 0 fully saturated rings. The highest BCUT2D eigenvalue weighted by Gasteiger charge is 2.26. The summed E-state index contributed by atoms with van der Waals surface area (Å²) in [6.45, 7) is 4.42. The molecule has 18 heavy (non-hydrogen) atoms. The SMILES string of the molecule is CCCCOC1=CC(=O)c2ccc(C)cc2C1=O. The molecule has 1 aliphatic carbocycles. The van der Waals surface area contributed by atoms with Crippen LogP contribution in [0.15, 0.2) is 30.0 Å². The highest BCUT2D eigenvalue weighted by Crippen LogP contribution is 2.23. The molecule has 0 radical (unpaired) electrons. The van der Waals surface area contributed by atoms with Crippen LogP contribution in [0, 0.1) is 6.92 Å². The monoisotopic (exact) mass is 244 g/mol. The smallest absolute Gasteiger partial charge is 0.228 e. The number of unbranched alkanes of at least 4 members (excludes halogenated alkanes) is 1. The summed E-state index contributed by atoms with van der Waals surface area (Å²) in [7, 11) is 0. The number of benzene rings is 1. The molecule has 0 saturated heterocycles. The molecule has 0 N–H and O–H groups in total. The quantitative estimate of drug-likeness (QED) is 0.764. The van der Waals surface area contributed by atoms with Crippen molar-refractivity contribution in [1.29, 1.82) is 0 Å². The highest BCUT2D eigenvalue weighted by atomic mass is 16.5. The van der Waals surface area contributed by atoms with Gasteiger partial charge < -0.3 is 4.74 Å². The van der Waals surface area contributed by atoms with Gasteiger partial charge in [-0.05, 0) is 19.4 Å². The van der Waals surface area contributed by atoms with Crippen LogP contribution in [0.4, 0.5) is 0 Å². The Morgan fingerprint density at radius 1 is 1.17 bits per heavy atom. The Morgan fingerprint density at radius 2 is 1.94 bits per heavy atom. The number of aryl methyl sites for hydroxylation is 1. The van der Waals surface area contributed by atoms with Gasteiger partial charge in [0.15, 0.2) is 11.5 Å². The maximum Gasteiger partial charge on any atom is 0.228 e. The van der Waals surface area contributed by atoms with Crippen LogP contribution < -0.4 is 0 Å². The predicted molar refractivity (Wildman–Crippen MR) is 68.8 cm³/mol. The van der Waals surface area contributed by atoms with Gasteiger partial charge in [0, 0.05) is 17.2 Å². The van der Waals surface area contributed by atoms with Crippen molar-refractivity contribution in [3.63, 3.8) is 0 Å². The van der Waals surface area contributed by atoms with E-state index in [0.29, 0.717) is 17.7 Å². The minimum atomic E-state index is -0.190. The predicted octanol–water partition coefficient (Wildman–Crippen LogP) is 3.07. The molecule has 1 aliphatic rings. The first-order chi connectivity index (χ1) is 8.63. The van der Waals surface area contributed by atoms with E-state index >= 15 is 0 Å². The van der Waals surface area contributed by atoms with Crippen molar-refractivity contribution >= 4 is 11.6 Å². The van der Waals surface area contributed by atoms with Gasteiger partial charge in [-0.15, -0.1) is 0 Å². The molecule has 1 aromatic carbocycles. The fourth-order valence-corrected chi connectivity index (χ4v) is 1.89. The lowest BCUT2D eigenvalue weighted by Crippen LogP contribution is -2.19. The topological polar surface area (TPSA) is 43.4 Å². The van der Waals surface area contributed by atoms with Crippen molar-refractivity contribution < 1.29 is 14.3 Å². The summed E-state index contributed by atoms with van der Waals surface area (Å²) in [6, 6.07) is 5.27. The fraction of sp³-hybridized carbons (Fsp3) is 0.333. The van der Waals surface area contributed by atoms with E-state index in [1.807, 2.05) is 19.9 Å². The van der Waals surface area contributed by atoms with Gasteiger partial charge in [-0.3, -0.25) is 9.59 Å². The number of ether oxygens (including phenoxy) is 1. The molecule has 0 amide bonds. The molecular weight excluding hydrogens is 228 g/mol. The zero-order valence-electron chi connectivity index (χ0n) is 10.7. The lowest BCUT2D eigenvalue weighted by Gasteiger charge is -2.16. The van der Waals surface area contributed by atoms with E-state index in [0.717, 1.165) is 18.4 Å². The second-order valence-corrected chi connectivity index (χ2v) is 4.45. The van der Waals surface area contributed by atoms with Gasteiger partial charge in [0.1, 0.15) is 0 Å². The summed E-state index contributed by atoms with van der Waals surface area (Å²) in [6.07, 6.45) is 3.17. The Morgan fingerprint density at radius 3 is 2.67 bits per heavy atom. The van der Waals surface area contributed by atoms with Crippen LogP contribution in [0.3, 0.4) is 0 Å². The number of rotatable bonds is 4. The van der Waals surface area contributed by atoms with Crippen LogP contribution in [-0.2, 0) is 4.74 Å². The Balaban J connectivity index is 2.28. The molecule has 1 aromatic rings. The number of hydrogen-bond donors (Lipinski definition) is 0. The zero-order valence-corrected chi connectivity index (χ0v) is 10.7. The molecule has 0 heterocycles. The van der Waals surface area contributed by atoms with Crippen LogP contribution in [0.1, 0.15) is 46.0 Å². The Kier molecular flexibility index (Phi) is 3.60. The molecule has 0 aromatic heterocycles. The molecule has 0 saturated carbocycles. The van der Waals surface area contributed by atoms with Gasteiger partial charge >= 0.3 is 0 Å².